The second-order valence-electron chi connectivity index (χ2n) is 10.2. The number of carboxylic acids is 1. The van der Waals surface area contributed by atoms with Crippen molar-refractivity contribution in [3.8, 4) is 0 Å². The van der Waals surface area contributed by atoms with Gasteiger partial charge in [0, 0.05) is 29.9 Å². The van der Waals surface area contributed by atoms with E-state index in [0.717, 1.165) is 16.5 Å². The summed E-state index contributed by atoms with van der Waals surface area (Å²) in [6.07, 6.45) is 2.27. The predicted molar refractivity (Wildman–Crippen MR) is 146 cm³/mol. The van der Waals surface area contributed by atoms with Crippen molar-refractivity contribution in [2.24, 2.45) is 23.3 Å². The molecule has 5 unspecified atom stereocenters. The topological polar surface area (TPSA) is 210 Å². The number of aromatic nitrogens is 1. The van der Waals surface area contributed by atoms with Crippen LogP contribution in [0.4, 0.5) is 0 Å². The van der Waals surface area contributed by atoms with Crippen LogP contribution in [0.1, 0.15) is 52.5 Å². The lowest BCUT2D eigenvalue weighted by Gasteiger charge is -2.28. The molecule has 5 atom stereocenters. The second-order valence-corrected chi connectivity index (χ2v) is 10.2. The highest BCUT2D eigenvalue weighted by Gasteiger charge is 2.33. The van der Waals surface area contributed by atoms with Crippen molar-refractivity contribution in [2.45, 2.75) is 77.5 Å². The van der Waals surface area contributed by atoms with E-state index in [4.69, 9.17) is 11.5 Å². The third-order valence-electron chi connectivity index (χ3n) is 6.79. The van der Waals surface area contributed by atoms with Crippen LogP contribution in [0.5, 0.6) is 0 Å². The lowest BCUT2D eigenvalue weighted by Crippen LogP contribution is -2.59. The monoisotopic (exact) mass is 544 g/mol. The molecule has 1 heterocycles. The lowest BCUT2D eigenvalue weighted by atomic mass is 9.97. The summed E-state index contributed by atoms with van der Waals surface area (Å²) in [6.45, 7) is 6.98. The van der Waals surface area contributed by atoms with E-state index in [0.29, 0.717) is 6.42 Å². The maximum Gasteiger partial charge on any atom is 0.326 e. The van der Waals surface area contributed by atoms with Gasteiger partial charge in [-0.1, -0.05) is 52.3 Å². The summed E-state index contributed by atoms with van der Waals surface area (Å²) in [5.74, 6) is -4.41. The number of fused-ring (bicyclic) bond motifs is 1. The molecule has 2 aromatic rings. The summed E-state index contributed by atoms with van der Waals surface area (Å²) in [5, 5.41) is 18.4. The van der Waals surface area contributed by atoms with Gasteiger partial charge in [0.25, 0.3) is 0 Å². The summed E-state index contributed by atoms with van der Waals surface area (Å²) < 4.78 is 0. The van der Waals surface area contributed by atoms with Gasteiger partial charge in [-0.05, 0) is 29.9 Å². The van der Waals surface area contributed by atoms with Crippen molar-refractivity contribution in [1.29, 1.82) is 0 Å². The maximum absolute atomic E-state index is 13.4. The molecular formula is C27H40N6O6. The zero-order valence-electron chi connectivity index (χ0n) is 22.8. The van der Waals surface area contributed by atoms with Gasteiger partial charge >= 0.3 is 5.97 Å². The Balaban J connectivity index is 2.30. The minimum absolute atomic E-state index is 0.0192. The van der Waals surface area contributed by atoms with E-state index in [1.165, 1.54) is 0 Å². The standard InChI is InChI=1S/C27H40N6O6/c1-5-15(4)23(27(38)39)33-25(36)20(12-16-13-30-19-9-7-6-8-17(16)19)31-26(37)22(14(2)3)32-24(35)18(28)10-11-21(29)34/h6-9,13-15,18,20,22-23,30H,5,10-12,28H2,1-4H3,(H2,29,34)(H,31,37)(H,32,35)(H,33,36)(H,38,39). The first-order valence-electron chi connectivity index (χ1n) is 13.1. The number of nitrogens with one attached hydrogen (secondary N) is 4. The normalized spacial score (nSPS) is 15.1. The Morgan fingerprint density at radius 3 is 2.18 bits per heavy atom. The molecule has 214 valence electrons. The zero-order valence-corrected chi connectivity index (χ0v) is 22.8. The van der Waals surface area contributed by atoms with Crippen LogP contribution in [-0.2, 0) is 30.4 Å². The summed E-state index contributed by atoms with van der Waals surface area (Å²) in [4.78, 5) is 65.4. The Hall–Kier alpha value is -3.93. The number of hydrogen-bond donors (Lipinski definition) is 7. The molecule has 0 radical (unpaired) electrons. The number of amides is 4. The molecule has 0 aliphatic rings. The van der Waals surface area contributed by atoms with E-state index < -0.39 is 53.8 Å². The first-order chi connectivity index (χ1) is 18.3. The van der Waals surface area contributed by atoms with Crippen LogP contribution in [-0.4, -0.2) is 63.9 Å². The lowest BCUT2D eigenvalue weighted by molar-refractivity contribution is -0.144. The molecule has 0 aliphatic carbocycles. The SMILES string of the molecule is CCC(C)C(NC(=O)C(Cc1c[nH]c2ccccc12)NC(=O)C(NC(=O)C(N)CCC(N)=O)C(C)C)C(=O)O. The molecular weight excluding hydrogens is 504 g/mol. The third-order valence-corrected chi connectivity index (χ3v) is 6.79. The highest BCUT2D eigenvalue weighted by molar-refractivity contribution is 5.95. The maximum atomic E-state index is 13.4. The molecule has 39 heavy (non-hydrogen) atoms. The number of H-pyrrole nitrogens is 1. The number of hydrogen-bond acceptors (Lipinski definition) is 6. The minimum atomic E-state index is -1.17. The molecule has 0 spiro atoms. The molecule has 9 N–H and O–H groups in total. The van der Waals surface area contributed by atoms with Crippen LogP contribution in [0.25, 0.3) is 10.9 Å². The van der Waals surface area contributed by atoms with E-state index in [1.807, 2.05) is 31.2 Å². The van der Waals surface area contributed by atoms with Gasteiger partial charge in [0.05, 0.1) is 6.04 Å². The quantitative estimate of drug-likeness (QED) is 0.169. The number of rotatable bonds is 15. The Morgan fingerprint density at radius 1 is 0.949 bits per heavy atom. The van der Waals surface area contributed by atoms with E-state index in [9.17, 15) is 29.1 Å². The average molecular weight is 545 g/mol. The van der Waals surface area contributed by atoms with E-state index >= 15 is 0 Å². The fourth-order valence-corrected chi connectivity index (χ4v) is 4.15. The molecule has 0 saturated carbocycles. The molecule has 0 saturated heterocycles. The van der Waals surface area contributed by atoms with Crippen molar-refractivity contribution in [3.05, 3.63) is 36.0 Å². The van der Waals surface area contributed by atoms with Crippen molar-refractivity contribution in [2.75, 3.05) is 0 Å². The molecule has 0 fully saturated rings. The van der Waals surface area contributed by atoms with Gasteiger partial charge in [0.1, 0.15) is 18.1 Å². The number of para-hydroxylation sites is 1. The minimum Gasteiger partial charge on any atom is -0.480 e. The molecule has 12 nitrogen and oxygen atoms in total. The molecule has 4 amide bonds. The van der Waals surface area contributed by atoms with Crippen molar-refractivity contribution in [1.82, 2.24) is 20.9 Å². The van der Waals surface area contributed by atoms with Crippen LogP contribution in [0.3, 0.4) is 0 Å². The fourth-order valence-electron chi connectivity index (χ4n) is 4.15. The largest absolute Gasteiger partial charge is 0.480 e. The van der Waals surface area contributed by atoms with Gasteiger partial charge < -0.3 is 37.5 Å². The number of benzene rings is 1. The molecule has 12 heteroatoms. The smallest absolute Gasteiger partial charge is 0.326 e. The number of nitrogens with two attached hydrogens (primary N) is 2. The van der Waals surface area contributed by atoms with E-state index in [1.54, 1.807) is 27.0 Å². The predicted octanol–water partition coefficient (Wildman–Crippen LogP) is 0.544. The van der Waals surface area contributed by atoms with Crippen LogP contribution in [0.2, 0.25) is 0 Å². The van der Waals surface area contributed by atoms with E-state index in [-0.39, 0.29) is 31.1 Å². The summed E-state index contributed by atoms with van der Waals surface area (Å²) >= 11 is 0. The number of carbonyl (C=O) groups excluding carboxylic acids is 4. The fraction of sp³-hybridized carbons (Fsp3) is 0.519. The van der Waals surface area contributed by atoms with Gasteiger partial charge in [0.15, 0.2) is 0 Å². The van der Waals surface area contributed by atoms with Crippen LogP contribution in [0.15, 0.2) is 30.5 Å². The van der Waals surface area contributed by atoms with Crippen LogP contribution < -0.4 is 27.4 Å². The van der Waals surface area contributed by atoms with Gasteiger partial charge in [0.2, 0.25) is 23.6 Å². The van der Waals surface area contributed by atoms with Gasteiger partial charge in [-0.2, -0.15) is 0 Å². The average Bonchev–Trinajstić information content (AvgIpc) is 3.29. The Kier molecular flexibility index (Phi) is 11.5. The Morgan fingerprint density at radius 2 is 1.59 bits per heavy atom. The first-order valence-corrected chi connectivity index (χ1v) is 13.1. The zero-order chi connectivity index (χ0) is 29.3. The number of aromatic amines is 1. The number of carbonyl (C=O) groups is 5. The molecule has 0 bridgehead atoms. The highest BCUT2D eigenvalue weighted by Crippen LogP contribution is 2.20. The molecule has 1 aromatic carbocycles. The van der Waals surface area contributed by atoms with Gasteiger partial charge in [-0.3, -0.25) is 19.2 Å². The van der Waals surface area contributed by atoms with Crippen molar-refractivity contribution >= 4 is 40.5 Å². The first kappa shape index (κ1) is 31.3. The summed E-state index contributed by atoms with van der Waals surface area (Å²) in [6, 6.07) is 3.09. The van der Waals surface area contributed by atoms with Gasteiger partial charge in [-0.25, -0.2) is 4.79 Å². The van der Waals surface area contributed by atoms with E-state index in [2.05, 4.69) is 20.9 Å². The van der Waals surface area contributed by atoms with Crippen molar-refractivity contribution < 1.29 is 29.1 Å². The van der Waals surface area contributed by atoms with Gasteiger partial charge in [-0.15, -0.1) is 0 Å². The molecule has 2 rings (SSSR count). The third kappa shape index (κ3) is 8.81. The number of aliphatic carboxylic acids is 1. The highest BCUT2D eigenvalue weighted by atomic mass is 16.4. The number of carboxylic acid groups (broad SMARTS) is 1. The number of primary amides is 1. The summed E-state index contributed by atoms with van der Waals surface area (Å²) in [5.41, 5.74) is 12.6. The molecule has 0 aliphatic heterocycles. The van der Waals surface area contributed by atoms with Crippen LogP contribution >= 0.6 is 0 Å². The summed E-state index contributed by atoms with van der Waals surface area (Å²) in [7, 11) is 0. The Labute approximate surface area is 227 Å². The second kappa shape index (κ2) is 14.3. The van der Waals surface area contributed by atoms with Crippen molar-refractivity contribution in [3.63, 3.8) is 0 Å². The Bertz CT molecular complexity index is 1180. The van der Waals surface area contributed by atoms with Crippen LogP contribution in [0, 0.1) is 11.8 Å². The molecule has 1 aromatic heterocycles.